The summed E-state index contributed by atoms with van der Waals surface area (Å²) >= 11 is 5.36. The van der Waals surface area contributed by atoms with E-state index in [-0.39, 0.29) is 0 Å². The van der Waals surface area contributed by atoms with Crippen LogP contribution in [-0.2, 0) is 0 Å². The second-order valence-corrected chi connectivity index (χ2v) is 7.70. The number of thiophene rings is 1. The van der Waals surface area contributed by atoms with Gasteiger partial charge in [0.1, 0.15) is 0 Å². The van der Waals surface area contributed by atoms with Crippen molar-refractivity contribution in [3.05, 3.63) is 20.8 Å². The highest BCUT2D eigenvalue weighted by atomic mass is 79.9. The number of likely N-dealkylation sites (N-methyl/N-ethyl adjacent to an activating group) is 1. The minimum absolute atomic E-state index is 0.379. The lowest BCUT2D eigenvalue weighted by Gasteiger charge is -2.33. The molecular weight excluding hydrogens is 308 g/mol. The second-order valence-electron chi connectivity index (χ2n) is 5.20. The molecule has 0 aliphatic heterocycles. The van der Waals surface area contributed by atoms with E-state index in [2.05, 4.69) is 40.0 Å². The molecule has 2 N–H and O–H groups in total. The van der Waals surface area contributed by atoms with E-state index in [4.69, 9.17) is 5.73 Å². The van der Waals surface area contributed by atoms with E-state index >= 15 is 0 Å². The molecular formula is C14H23BrN2S. The van der Waals surface area contributed by atoms with Crippen LogP contribution in [0.4, 0.5) is 0 Å². The first-order chi connectivity index (χ1) is 8.72. The van der Waals surface area contributed by atoms with Crippen LogP contribution in [0.15, 0.2) is 15.9 Å². The van der Waals surface area contributed by atoms with Gasteiger partial charge in [0.25, 0.3) is 0 Å². The molecule has 102 valence electrons. The Morgan fingerprint density at radius 1 is 1.33 bits per heavy atom. The molecule has 18 heavy (non-hydrogen) atoms. The summed E-state index contributed by atoms with van der Waals surface area (Å²) in [5.74, 6) is 0. The smallest absolute Gasteiger partial charge is 0.0702 e. The summed E-state index contributed by atoms with van der Waals surface area (Å²) in [5.41, 5.74) is 6.01. The zero-order chi connectivity index (χ0) is 13.0. The molecule has 1 fully saturated rings. The molecule has 1 atom stereocenters. The maximum atomic E-state index is 6.01. The van der Waals surface area contributed by atoms with Gasteiger partial charge in [-0.25, -0.2) is 0 Å². The van der Waals surface area contributed by atoms with Crippen molar-refractivity contribution in [3.63, 3.8) is 0 Å². The maximum absolute atomic E-state index is 6.01. The fourth-order valence-electron chi connectivity index (χ4n) is 2.91. The largest absolute Gasteiger partial charge is 0.329 e. The summed E-state index contributed by atoms with van der Waals surface area (Å²) in [6.07, 6.45) is 8.23. The Kier molecular flexibility index (Phi) is 5.67. The Balaban J connectivity index is 2.06. The van der Waals surface area contributed by atoms with Gasteiger partial charge in [-0.05, 0) is 48.0 Å². The third kappa shape index (κ3) is 3.56. The van der Waals surface area contributed by atoms with E-state index < -0.39 is 0 Å². The van der Waals surface area contributed by atoms with Gasteiger partial charge >= 0.3 is 0 Å². The molecule has 2 rings (SSSR count). The third-order valence-electron chi connectivity index (χ3n) is 4.04. The average molecular weight is 331 g/mol. The quantitative estimate of drug-likeness (QED) is 0.839. The number of nitrogens with two attached hydrogens (primary N) is 1. The van der Waals surface area contributed by atoms with Crippen molar-refractivity contribution in [2.24, 2.45) is 5.73 Å². The summed E-state index contributed by atoms with van der Waals surface area (Å²) in [6.45, 7) is 0.708. The first-order valence-electron chi connectivity index (χ1n) is 6.89. The van der Waals surface area contributed by atoms with Crippen LogP contribution in [-0.4, -0.2) is 24.5 Å². The average Bonchev–Trinajstić information content (AvgIpc) is 2.65. The van der Waals surface area contributed by atoms with Crippen molar-refractivity contribution in [2.45, 2.75) is 50.6 Å². The Labute approximate surface area is 123 Å². The lowest BCUT2D eigenvalue weighted by atomic mass is 10.0. The Morgan fingerprint density at radius 3 is 2.50 bits per heavy atom. The van der Waals surface area contributed by atoms with Gasteiger partial charge in [-0.3, -0.25) is 4.90 Å². The number of hydrogen-bond donors (Lipinski definition) is 1. The van der Waals surface area contributed by atoms with Crippen LogP contribution >= 0.6 is 27.3 Å². The summed E-state index contributed by atoms with van der Waals surface area (Å²) < 4.78 is 1.20. The van der Waals surface area contributed by atoms with Gasteiger partial charge in [0.15, 0.2) is 0 Å². The predicted molar refractivity (Wildman–Crippen MR) is 83.1 cm³/mol. The van der Waals surface area contributed by atoms with E-state index in [9.17, 15) is 0 Å². The van der Waals surface area contributed by atoms with E-state index in [0.717, 1.165) is 0 Å². The van der Waals surface area contributed by atoms with Gasteiger partial charge in [0, 0.05) is 17.5 Å². The lowest BCUT2D eigenvalue weighted by molar-refractivity contribution is 0.163. The maximum Gasteiger partial charge on any atom is 0.0702 e. The summed E-state index contributed by atoms with van der Waals surface area (Å²) in [7, 11) is 2.25. The minimum Gasteiger partial charge on any atom is -0.329 e. The van der Waals surface area contributed by atoms with Gasteiger partial charge in [-0.15, -0.1) is 11.3 Å². The van der Waals surface area contributed by atoms with Crippen LogP contribution in [0, 0.1) is 0 Å². The van der Waals surface area contributed by atoms with Gasteiger partial charge in [0.2, 0.25) is 0 Å². The van der Waals surface area contributed by atoms with Crippen molar-refractivity contribution in [2.75, 3.05) is 13.6 Å². The Hall–Kier alpha value is 0.1000. The van der Waals surface area contributed by atoms with Crippen molar-refractivity contribution < 1.29 is 0 Å². The highest BCUT2D eigenvalue weighted by molar-refractivity contribution is 9.11. The summed E-state index contributed by atoms with van der Waals surface area (Å²) in [5, 5.41) is 0. The number of nitrogens with zero attached hydrogens (tertiary/aromatic N) is 1. The standard InChI is InChI=1S/C14H23BrN2S/c1-17(11-6-4-2-3-5-7-11)12(10-16)13-8-9-14(15)18-13/h8-9,11-12H,2-7,10,16H2,1H3. The molecule has 2 nitrogen and oxygen atoms in total. The van der Waals surface area contributed by atoms with Crippen LogP contribution in [0.1, 0.15) is 49.4 Å². The van der Waals surface area contributed by atoms with Crippen molar-refractivity contribution in [1.82, 2.24) is 4.90 Å². The highest BCUT2D eigenvalue weighted by Gasteiger charge is 2.24. The van der Waals surface area contributed by atoms with Gasteiger partial charge in [0.05, 0.1) is 9.83 Å². The molecule has 1 unspecified atom stereocenters. The minimum atomic E-state index is 0.379. The van der Waals surface area contributed by atoms with E-state index in [1.807, 2.05) is 11.3 Å². The number of halogens is 1. The first kappa shape index (κ1) is 14.5. The Morgan fingerprint density at radius 2 is 2.00 bits per heavy atom. The van der Waals surface area contributed by atoms with Crippen molar-refractivity contribution >= 4 is 27.3 Å². The molecule has 0 saturated heterocycles. The van der Waals surface area contributed by atoms with Gasteiger partial charge in [-0.1, -0.05) is 25.7 Å². The fraction of sp³-hybridized carbons (Fsp3) is 0.714. The SMILES string of the molecule is CN(C1CCCCCC1)C(CN)c1ccc(Br)s1. The molecule has 1 aromatic heterocycles. The van der Waals surface area contributed by atoms with E-state index in [1.165, 1.54) is 47.2 Å². The third-order valence-corrected chi connectivity index (χ3v) is 5.76. The molecule has 1 heterocycles. The predicted octanol–water partition coefficient (Wildman–Crippen LogP) is 4.17. The lowest BCUT2D eigenvalue weighted by Crippen LogP contribution is -2.38. The molecule has 0 spiro atoms. The molecule has 0 bridgehead atoms. The highest BCUT2D eigenvalue weighted by Crippen LogP contribution is 2.33. The normalized spacial score (nSPS) is 20.0. The fourth-order valence-corrected chi connectivity index (χ4v) is 4.50. The molecule has 1 aromatic rings. The van der Waals surface area contributed by atoms with Crippen LogP contribution in [0.25, 0.3) is 0 Å². The van der Waals surface area contributed by atoms with E-state index in [1.54, 1.807) is 0 Å². The van der Waals surface area contributed by atoms with Crippen molar-refractivity contribution in [1.29, 1.82) is 0 Å². The van der Waals surface area contributed by atoms with E-state index in [0.29, 0.717) is 18.6 Å². The molecule has 1 aliphatic carbocycles. The number of rotatable bonds is 4. The topological polar surface area (TPSA) is 29.3 Å². The molecule has 0 amide bonds. The van der Waals surface area contributed by atoms with Gasteiger partial charge < -0.3 is 5.73 Å². The molecule has 1 aliphatic rings. The molecule has 0 radical (unpaired) electrons. The summed E-state index contributed by atoms with van der Waals surface area (Å²) in [6, 6.07) is 5.43. The van der Waals surface area contributed by atoms with Crippen LogP contribution < -0.4 is 5.73 Å². The first-order valence-corrected chi connectivity index (χ1v) is 8.50. The number of hydrogen-bond acceptors (Lipinski definition) is 3. The van der Waals surface area contributed by atoms with Crippen molar-refractivity contribution in [3.8, 4) is 0 Å². The zero-order valence-electron chi connectivity index (χ0n) is 11.1. The molecule has 1 saturated carbocycles. The Bertz CT molecular complexity index is 358. The summed E-state index contributed by atoms with van der Waals surface area (Å²) in [4.78, 5) is 3.90. The van der Waals surface area contributed by atoms with Crippen LogP contribution in [0.3, 0.4) is 0 Å². The van der Waals surface area contributed by atoms with Crippen LogP contribution in [0.2, 0.25) is 0 Å². The van der Waals surface area contributed by atoms with Crippen LogP contribution in [0.5, 0.6) is 0 Å². The molecule has 4 heteroatoms. The zero-order valence-corrected chi connectivity index (χ0v) is 13.5. The second kappa shape index (κ2) is 7.04. The molecule has 0 aromatic carbocycles. The monoisotopic (exact) mass is 330 g/mol. The van der Waals surface area contributed by atoms with Gasteiger partial charge in [-0.2, -0.15) is 0 Å².